The number of hydrogen-bond donors (Lipinski definition) is 1. The van der Waals surface area contributed by atoms with Crippen LogP contribution in [0, 0.1) is 0 Å². The minimum absolute atomic E-state index is 0.0210. The average Bonchev–Trinajstić information content (AvgIpc) is 2.81. The van der Waals surface area contributed by atoms with E-state index in [9.17, 15) is 5.11 Å². The molecule has 1 aliphatic heterocycles. The fourth-order valence-electron chi connectivity index (χ4n) is 2.24. The van der Waals surface area contributed by atoms with Crippen molar-refractivity contribution in [3.8, 4) is 17.2 Å². The summed E-state index contributed by atoms with van der Waals surface area (Å²) in [4.78, 5) is 0. The van der Waals surface area contributed by atoms with Crippen molar-refractivity contribution >= 4 is 0 Å². The Bertz CT molecular complexity index is 560. The topological polar surface area (TPSA) is 38.7 Å². The molecule has 92 valence electrons. The Hall–Kier alpha value is -2.16. The monoisotopic (exact) mass is 242 g/mol. The van der Waals surface area contributed by atoms with Gasteiger partial charge in [0.15, 0.2) is 0 Å². The Morgan fingerprint density at radius 3 is 2.67 bits per heavy atom. The van der Waals surface area contributed by atoms with Crippen LogP contribution in [-0.2, 0) is 6.42 Å². The third-order valence-electron chi connectivity index (χ3n) is 3.21. The second kappa shape index (κ2) is 4.26. The smallest absolute Gasteiger partial charge is 0.128 e. The molecule has 18 heavy (non-hydrogen) atoms. The van der Waals surface area contributed by atoms with Crippen LogP contribution in [0.25, 0.3) is 0 Å². The number of aromatic hydroxyl groups is 1. The molecule has 0 bridgehead atoms. The molecule has 3 rings (SSSR count). The third-order valence-corrected chi connectivity index (χ3v) is 3.21. The van der Waals surface area contributed by atoms with Crippen molar-refractivity contribution < 1.29 is 14.6 Å². The number of fused-ring (bicyclic) bond motifs is 1. The van der Waals surface area contributed by atoms with Crippen molar-refractivity contribution in [2.24, 2.45) is 0 Å². The van der Waals surface area contributed by atoms with E-state index in [2.05, 4.69) is 0 Å². The maximum absolute atomic E-state index is 9.45. The molecule has 3 heteroatoms. The molecular weight excluding hydrogens is 228 g/mol. The molecule has 0 fully saturated rings. The summed E-state index contributed by atoms with van der Waals surface area (Å²) in [5, 5.41) is 9.45. The zero-order valence-corrected chi connectivity index (χ0v) is 10.1. The Kier molecular flexibility index (Phi) is 2.59. The molecule has 0 unspecified atom stereocenters. The first-order valence-corrected chi connectivity index (χ1v) is 5.89. The van der Waals surface area contributed by atoms with Gasteiger partial charge in [0, 0.05) is 12.0 Å². The molecule has 0 spiro atoms. The van der Waals surface area contributed by atoms with E-state index in [0.717, 1.165) is 29.0 Å². The first kappa shape index (κ1) is 11.0. The summed E-state index contributed by atoms with van der Waals surface area (Å²) in [7, 11) is 1.65. The Morgan fingerprint density at radius 1 is 1.17 bits per heavy atom. The van der Waals surface area contributed by atoms with Crippen LogP contribution in [0.5, 0.6) is 17.2 Å². The van der Waals surface area contributed by atoms with Crippen LogP contribution >= 0.6 is 0 Å². The molecule has 0 saturated heterocycles. The van der Waals surface area contributed by atoms with Gasteiger partial charge in [-0.1, -0.05) is 12.1 Å². The second-order valence-corrected chi connectivity index (χ2v) is 4.38. The van der Waals surface area contributed by atoms with E-state index in [1.165, 1.54) is 0 Å². The molecule has 0 aliphatic carbocycles. The molecule has 1 aliphatic rings. The van der Waals surface area contributed by atoms with E-state index in [0.29, 0.717) is 0 Å². The third kappa shape index (κ3) is 1.88. The zero-order chi connectivity index (χ0) is 12.5. The zero-order valence-electron chi connectivity index (χ0n) is 10.1. The van der Waals surface area contributed by atoms with Gasteiger partial charge in [0.05, 0.1) is 7.11 Å². The van der Waals surface area contributed by atoms with Crippen molar-refractivity contribution in [1.82, 2.24) is 0 Å². The fourth-order valence-corrected chi connectivity index (χ4v) is 2.24. The van der Waals surface area contributed by atoms with Gasteiger partial charge in [0.1, 0.15) is 23.4 Å². The van der Waals surface area contributed by atoms with Gasteiger partial charge in [-0.2, -0.15) is 0 Å². The number of methoxy groups -OCH3 is 1. The minimum atomic E-state index is 0.0210. The SMILES string of the molecule is COc1ccc([C@H]2Cc3cc(O)ccc3O2)cc1. The summed E-state index contributed by atoms with van der Waals surface area (Å²) in [5.41, 5.74) is 2.17. The maximum Gasteiger partial charge on any atom is 0.128 e. The first-order chi connectivity index (χ1) is 8.76. The second-order valence-electron chi connectivity index (χ2n) is 4.38. The van der Waals surface area contributed by atoms with Gasteiger partial charge < -0.3 is 14.6 Å². The van der Waals surface area contributed by atoms with Crippen molar-refractivity contribution in [2.45, 2.75) is 12.5 Å². The van der Waals surface area contributed by atoms with Gasteiger partial charge in [-0.15, -0.1) is 0 Å². The van der Waals surface area contributed by atoms with E-state index < -0.39 is 0 Å². The maximum atomic E-state index is 9.45. The lowest BCUT2D eigenvalue weighted by Gasteiger charge is -2.11. The summed E-state index contributed by atoms with van der Waals surface area (Å²) < 4.78 is 11.0. The Labute approximate surface area is 106 Å². The van der Waals surface area contributed by atoms with Crippen molar-refractivity contribution in [1.29, 1.82) is 0 Å². The highest BCUT2D eigenvalue weighted by Gasteiger charge is 2.24. The molecule has 2 aromatic rings. The lowest BCUT2D eigenvalue weighted by molar-refractivity contribution is 0.238. The molecular formula is C15H14O3. The van der Waals surface area contributed by atoms with Crippen LogP contribution in [0.15, 0.2) is 42.5 Å². The van der Waals surface area contributed by atoms with E-state index >= 15 is 0 Å². The van der Waals surface area contributed by atoms with Gasteiger partial charge in [-0.05, 0) is 35.9 Å². The first-order valence-electron chi connectivity index (χ1n) is 5.89. The molecule has 2 aromatic carbocycles. The molecule has 1 atom stereocenters. The summed E-state index contributed by atoms with van der Waals surface area (Å²) in [6, 6.07) is 13.1. The van der Waals surface area contributed by atoms with Crippen LogP contribution in [0.4, 0.5) is 0 Å². The van der Waals surface area contributed by atoms with Gasteiger partial charge in [-0.25, -0.2) is 0 Å². The van der Waals surface area contributed by atoms with Crippen LogP contribution in [0.1, 0.15) is 17.2 Å². The minimum Gasteiger partial charge on any atom is -0.508 e. The van der Waals surface area contributed by atoms with Gasteiger partial charge in [0.2, 0.25) is 0 Å². The number of phenolic OH excluding ortho intramolecular Hbond substituents is 1. The van der Waals surface area contributed by atoms with E-state index in [4.69, 9.17) is 9.47 Å². The highest BCUT2D eigenvalue weighted by molar-refractivity contribution is 5.44. The highest BCUT2D eigenvalue weighted by Crippen LogP contribution is 2.38. The van der Waals surface area contributed by atoms with Gasteiger partial charge >= 0.3 is 0 Å². The molecule has 0 radical (unpaired) electrons. The summed E-state index contributed by atoms with van der Waals surface area (Å²) >= 11 is 0. The normalized spacial score (nSPS) is 17.1. The van der Waals surface area contributed by atoms with Crippen LogP contribution in [-0.4, -0.2) is 12.2 Å². The lowest BCUT2D eigenvalue weighted by atomic mass is 10.0. The van der Waals surface area contributed by atoms with Crippen LogP contribution < -0.4 is 9.47 Å². The van der Waals surface area contributed by atoms with Crippen LogP contribution in [0.2, 0.25) is 0 Å². The quantitative estimate of drug-likeness (QED) is 0.879. The number of rotatable bonds is 2. The molecule has 3 nitrogen and oxygen atoms in total. The molecule has 1 N–H and O–H groups in total. The van der Waals surface area contributed by atoms with Crippen molar-refractivity contribution in [3.63, 3.8) is 0 Å². The summed E-state index contributed by atoms with van der Waals surface area (Å²) in [6.45, 7) is 0. The Morgan fingerprint density at radius 2 is 1.94 bits per heavy atom. The van der Waals surface area contributed by atoms with Gasteiger partial charge in [0.25, 0.3) is 0 Å². The lowest BCUT2D eigenvalue weighted by Crippen LogP contribution is -2.02. The van der Waals surface area contributed by atoms with Crippen molar-refractivity contribution in [2.75, 3.05) is 7.11 Å². The van der Waals surface area contributed by atoms with E-state index in [1.54, 1.807) is 19.2 Å². The molecule has 0 saturated carbocycles. The highest BCUT2D eigenvalue weighted by atomic mass is 16.5. The van der Waals surface area contributed by atoms with Crippen LogP contribution in [0.3, 0.4) is 0 Å². The molecule has 0 amide bonds. The van der Waals surface area contributed by atoms with Gasteiger partial charge in [-0.3, -0.25) is 0 Å². The van der Waals surface area contributed by atoms with E-state index in [-0.39, 0.29) is 11.9 Å². The number of phenols is 1. The molecule has 0 aromatic heterocycles. The molecule has 1 heterocycles. The van der Waals surface area contributed by atoms with Crippen molar-refractivity contribution in [3.05, 3.63) is 53.6 Å². The average molecular weight is 242 g/mol. The number of ether oxygens (including phenoxy) is 2. The predicted molar refractivity (Wildman–Crippen MR) is 68.2 cm³/mol. The fraction of sp³-hybridized carbons (Fsp3) is 0.200. The number of hydrogen-bond acceptors (Lipinski definition) is 3. The number of benzene rings is 2. The largest absolute Gasteiger partial charge is 0.508 e. The van der Waals surface area contributed by atoms with E-state index in [1.807, 2.05) is 30.3 Å². The standard InChI is InChI=1S/C15H14O3/c1-17-13-5-2-10(3-6-13)15-9-11-8-12(16)4-7-14(11)18-15/h2-8,15-16H,9H2,1H3/t15-/m1/s1. The Balaban J connectivity index is 1.84. The summed E-state index contributed by atoms with van der Waals surface area (Å²) in [6.07, 6.45) is 0.809. The summed E-state index contributed by atoms with van der Waals surface area (Å²) in [5.74, 6) is 1.98. The predicted octanol–water partition coefficient (Wildman–Crippen LogP) is 3.08.